The van der Waals surface area contributed by atoms with Gasteiger partial charge in [-0.05, 0) is 67.0 Å². The molecule has 0 radical (unpaired) electrons. The number of aryl methyl sites for hydroxylation is 6. The fraction of sp³-hybridized carbons (Fsp3) is 0.286. The Morgan fingerprint density at radius 1 is 0.783 bits per heavy atom. The lowest BCUT2D eigenvalue weighted by Crippen LogP contribution is -2.00. The Hall–Kier alpha value is -2.35. The van der Waals surface area contributed by atoms with Gasteiger partial charge in [-0.25, -0.2) is 0 Å². The molecule has 1 heterocycles. The standard InChI is InChI=1S/C21H22N2/c1-15-13-21(22-23(15)2)20-14-18-8-7-16-3-5-17(6-4-16)9-11-19(20)12-10-18/h3-6,10,12-14H,7-9,11H2,1-2H3. The van der Waals surface area contributed by atoms with Gasteiger partial charge in [0, 0.05) is 18.3 Å². The van der Waals surface area contributed by atoms with Crippen molar-refractivity contribution < 1.29 is 0 Å². The highest BCUT2D eigenvalue weighted by Gasteiger charge is 2.12. The van der Waals surface area contributed by atoms with Crippen LogP contribution in [0.25, 0.3) is 11.3 Å². The summed E-state index contributed by atoms with van der Waals surface area (Å²) in [5.41, 5.74) is 9.25. The zero-order chi connectivity index (χ0) is 15.8. The SMILES string of the molecule is Cc1cc(-c2cc3ccc2CCc2ccc(cc2)CC3)nn1C. The minimum absolute atomic E-state index is 1.06. The van der Waals surface area contributed by atoms with Crippen LogP contribution >= 0.6 is 0 Å². The molecule has 7 rings (SSSR count). The fourth-order valence-electron chi connectivity index (χ4n) is 3.37. The van der Waals surface area contributed by atoms with Crippen molar-refractivity contribution in [3.8, 4) is 11.3 Å². The van der Waals surface area contributed by atoms with Gasteiger partial charge in [-0.15, -0.1) is 0 Å². The van der Waals surface area contributed by atoms with Gasteiger partial charge >= 0.3 is 0 Å². The summed E-state index contributed by atoms with van der Waals surface area (Å²) in [5, 5.41) is 4.71. The van der Waals surface area contributed by atoms with Gasteiger partial charge in [0.05, 0.1) is 5.69 Å². The van der Waals surface area contributed by atoms with E-state index in [1.807, 2.05) is 11.7 Å². The van der Waals surface area contributed by atoms with Gasteiger partial charge in [-0.2, -0.15) is 5.10 Å². The van der Waals surface area contributed by atoms with Crippen LogP contribution in [0.4, 0.5) is 0 Å². The lowest BCUT2D eigenvalue weighted by atomic mass is 9.92. The van der Waals surface area contributed by atoms with Crippen LogP contribution in [0.2, 0.25) is 0 Å². The first kappa shape index (κ1) is 14.3. The van der Waals surface area contributed by atoms with E-state index in [1.165, 1.54) is 33.5 Å². The maximum Gasteiger partial charge on any atom is 0.0928 e. The molecule has 0 aliphatic heterocycles. The maximum absolute atomic E-state index is 4.71. The van der Waals surface area contributed by atoms with Gasteiger partial charge in [0.25, 0.3) is 0 Å². The topological polar surface area (TPSA) is 17.8 Å². The molecule has 1 aromatic heterocycles. The fourth-order valence-corrected chi connectivity index (χ4v) is 3.37. The number of hydrogen-bond acceptors (Lipinski definition) is 1. The molecule has 23 heavy (non-hydrogen) atoms. The largest absolute Gasteiger partial charge is 0.272 e. The summed E-state index contributed by atoms with van der Waals surface area (Å²) >= 11 is 0. The summed E-state index contributed by atoms with van der Waals surface area (Å²) in [6.07, 6.45) is 4.32. The second kappa shape index (κ2) is 5.69. The van der Waals surface area contributed by atoms with E-state index < -0.39 is 0 Å². The smallest absolute Gasteiger partial charge is 0.0928 e. The maximum atomic E-state index is 4.71. The van der Waals surface area contributed by atoms with E-state index in [-0.39, 0.29) is 0 Å². The average molecular weight is 302 g/mol. The first-order valence-corrected chi connectivity index (χ1v) is 8.40. The lowest BCUT2D eigenvalue weighted by molar-refractivity contribution is 0.742. The minimum Gasteiger partial charge on any atom is -0.272 e. The van der Waals surface area contributed by atoms with Crippen molar-refractivity contribution in [2.24, 2.45) is 7.05 Å². The van der Waals surface area contributed by atoms with Crippen molar-refractivity contribution in [1.29, 1.82) is 0 Å². The lowest BCUT2D eigenvalue weighted by Gasteiger charge is -2.13. The third-order valence-electron chi connectivity index (χ3n) is 4.97. The highest BCUT2D eigenvalue weighted by Crippen LogP contribution is 2.27. The molecule has 0 saturated carbocycles. The predicted octanol–water partition coefficient (Wildman–Crippen LogP) is 4.28. The number of benzene rings is 2. The average Bonchev–Trinajstić information content (AvgIpc) is 2.89. The zero-order valence-electron chi connectivity index (χ0n) is 13.8. The monoisotopic (exact) mass is 302 g/mol. The Kier molecular flexibility index (Phi) is 3.53. The zero-order valence-corrected chi connectivity index (χ0v) is 13.8. The van der Waals surface area contributed by atoms with Crippen molar-refractivity contribution in [3.63, 3.8) is 0 Å². The van der Waals surface area contributed by atoms with Gasteiger partial charge in [-0.3, -0.25) is 4.68 Å². The molecule has 4 bridgehead atoms. The molecule has 116 valence electrons. The molecule has 0 fully saturated rings. The van der Waals surface area contributed by atoms with E-state index in [2.05, 4.69) is 55.5 Å². The molecular weight excluding hydrogens is 280 g/mol. The molecule has 4 aliphatic carbocycles. The van der Waals surface area contributed by atoms with Crippen LogP contribution in [0.1, 0.15) is 27.9 Å². The quantitative estimate of drug-likeness (QED) is 0.656. The van der Waals surface area contributed by atoms with Crippen LogP contribution in [0, 0.1) is 6.92 Å². The minimum atomic E-state index is 1.06. The normalized spacial score (nSPS) is 13.8. The Balaban J connectivity index is 1.79. The van der Waals surface area contributed by atoms with E-state index in [0.29, 0.717) is 0 Å². The molecule has 2 aromatic carbocycles. The molecule has 0 amide bonds. The molecule has 0 atom stereocenters. The second-order valence-electron chi connectivity index (χ2n) is 6.60. The van der Waals surface area contributed by atoms with Crippen LogP contribution < -0.4 is 0 Å². The first-order valence-electron chi connectivity index (χ1n) is 8.40. The number of hydrogen-bond donors (Lipinski definition) is 0. The molecule has 0 spiro atoms. The first-order chi connectivity index (χ1) is 11.2. The van der Waals surface area contributed by atoms with Crippen LogP contribution in [-0.2, 0) is 32.7 Å². The summed E-state index contributed by atoms with van der Waals surface area (Å²) in [5.74, 6) is 0. The van der Waals surface area contributed by atoms with Gasteiger partial charge in [0.15, 0.2) is 0 Å². The Labute approximate surface area is 137 Å². The predicted molar refractivity (Wildman–Crippen MR) is 94.6 cm³/mol. The number of aromatic nitrogens is 2. The van der Waals surface area contributed by atoms with E-state index >= 15 is 0 Å². The Morgan fingerprint density at radius 2 is 1.39 bits per heavy atom. The van der Waals surface area contributed by atoms with Crippen LogP contribution in [0.15, 0.2) is 48.5 Å². The molecule has 0 N–H and O–H groups in total. The van der Waals surface area contributed by atoms with Gasteiger partial charge in [0.1, 0.15) is 0 Å². The highest BCUT2D eigenvalue weighted by molar-refractivity contribution is 5.65. The van der Waals surface area contributed by atoms with E-state index in [4.69, 9.17) is 5.10 Å². The van der Waals surface area contributed by atoms with Crippen molar-refractivity contribution in [3.05, 3.63) is 76.5 Å². The van der Waals surface area contributed by atoms with Crippen LogP contribution in [0.3, 0.4) is 0 Å². The van der Waals surface area contributed by atoms with Gasteiger partial charge < -0.3 is 0 Å². The summed E-state index contributed by atoms with van der Waals surface area (Å²) < 4.78 is 1.97. The van der Waals surface area contributed by atoms with E-state index in [0.717, 1.165) is 31.4 Å². The number of nitrogens with zero attached hydrogens (tertiary/aromatic N) is 2. The summed E-state index contributed by atoms with van der Waals surface area (Å²) in [7, 11) is 2.02. The Bertz CT molecular complexity index is 821. The van der Waals surface area contributed by atoms with Crippen LogP contribution in [0.5, 0.6) is 0 Å². The molecule has 2 nitrogen and oxygen atoms in total. The van der Waals surface area contributed by atoms with Crippen molar-refractivity contribution in [2.75, 3.05) is 0 Å². The van der Waals surface area contributed by atoms with E-state index in [1.54, 1.807) is 0 Å². The molecule has 2 heteroatoms. The molecule has 0 unspecified atom stereocenters. The van der Waals surface area contributed by atoms with Gasteiger partial charge in [-0.1, -0.05) is 36.4 Å². The third kappa shape index (κ3) is 2.81. The van der Waals surface area contributed by atoms with Crippen molar-refractivity contribution >= 4 is 0 Å². The summed E-state index contributed by atoms with van der Waals surface area (Å²) in [4.78, 5) is 0. The molecule has 4 aliphatic rings. The van der Waals surface area contributed by atoms with Gasteiger partial charge in [0.2, 0.25) is 0 Å². The Morgan fingerprint density at radius 3 is 2.04 bits per heavy atom. The second-order valence-corrected chi connectivity index (χ2v) is 6.60. The molecular formula is C21H22N2. The van der Waals surface area contributed by atoms with Crippen LogP contribution in [-0.4, -0.2) is 9.78 Å². The highest BCUT2D eigenvalue weighted by atomic mass is 15.3. The summed E-state index contributed by atoms with van der Waals surface area (Å²) in [6, 6.07) is 18.3. The number of rotatable bonds is 1. The van der Waals surface area contributed by atoms with E-state index in [9.17, 15) is 0 Å². The third-order valence-corrected chi connectivity index (χ3v) is 4.97. The van der Waals surface area contributed by atoms with Crippen molar-refractivity contribution in [1.82, 2.24) is 9.78 Å². The summed E-state index contributed by atoms with van der Waals surface area (Å²) in [6.45, 7) is 2.11. The molecule has 3 aromatic rings. The van der Waals surface area contributed by atoms with Crippen molar-refractivity contribution in [2.45, 2.75) is 32.6 Å². The molecule has 0 saturated heterocycles.